The van der Waals surface area contributed by atoms with Crippen LogP contribution < -0.4 is 0 Å². The minimum atomic E-state index is 0.408. The van der Waals surface area contributed by atoms with Gasteiger partial charge in [-0.15, -0.1) is 11.3 Å². The second-order valence-corrected chi connectivity index (χ2v) is 7.86. The van der Waals surface area contributed by atoms with Crippen molar-refractivity contribution in [1.29, 1.82) is 0 Å². The molecule has 5 nitrogen and oxygen atoms in total. The summed E-state index contributed by atoms with van der Waals surface area (Å²) in [6.45, 7) is 6.63. The van der Waals surface area contributed by atoms with Gasteiger partial charge in [-0.3, -0.25) is 4.90 Å². The molecule has 6 heteroatoms. The van der Waals surface area contributed by atoms with E-state index in [0.29, 0.717) is 5.92 Å². The van der Waals surface area contributed by atoms with Crippen molar-refractivity contribution in [3.63, 3.8) is 0 Å². The van der Waals surface area contributed by atoms with Crippen LogP contribution in [-0.4, -0.2) is 39.2 Å². The molecule has 1 atom stereocenters. The Morgan fingerprint density at radius 3 is 2.96 bits per heavy atom. The highest BCUT2D eigenvalue weighted by atomic mass is 32.1. The lowest BCUT2D eigenvalue weighted by atomic mass is 9.99. The topological polar surface area (TPSA) is 43.2 Å². The van der Waals surface area contributed by atoms with E-state index in [1.807, 2.05) is 6.33 Å². The maximum Gasteiger partial charge on any atom is 0.107 e. The third kappa shape index (κ3) is 3.49. The number of thiazole rings is 1. The van der Waals surface area contributed by atoms with Crippen molar-refractivity contribution in [2.24, 2.45) is 13.0 Å². The maximum absolute atomic E-state index is 6.00. The van der Waals surface area contributed by atoms with Gasteiger partial charge in [0, 0.05) is 49.4 Å². The Kier molecular flexibility index (Phi) is 4.22. The van der Waals surface area contributed by atoms with Gasteiger partial charge in [0.2, 0.25) is 0 Å². The van der Waals surface area contributed by atoms with Crippen LogP contribution in [0.3, 0.4) is 0 Å². The Morgan fingerprint density at radius 1 is 1.35 bits per heavy atom. The molecule has 4 rings (SSSR count). The lowest BCUT2D eigenvalue weighted by Crippen LogP contribution is -2.36. The van der Waals surface area contributed by atoms with Gasteiger partial charge < -0.3 is 9.30 Å². The van der Waals surface area contributed by atoms with Gasteiger partial charge in [-0.2, -0.15) is 0 Å². The molecule has 1 saturated carbocycles. The highest BCUT2D eigenvalue weighted by molar-refractivity contribution is 7.09. The van der Waals surface area contributed by atoms with Crippen molar-refractivity contribution in [3.05, 3.63) is 33.8 Å². The number of ether oxygens (including phenoxy) is 1. The Balaban J connectivity index is 1.45. The molecule has 2 aromatic rings. The maximum atomic E-state index is 6.00. The zero-order valence-electron chi connectivity index (χ0n) is 13.9. The Morgan fingerprint density at radius 2 is 2.22 bits per heavy atom. The third-order valence-electron chi connectivity index (χ3n) is 4.70. The fraction of sp³-hybridized carbons (Fsp3) is 0.647. The summed E-state index contributed by atoms with van der Waals surface area (Å²) in [5, 5.41) is 3.32. The van der Waals surface area contributed by atoms with Crippen LogP contribution in [0.5, 0.6) is 0 Å². The molecule has 1 unspecified atom stereocenters. The molecule has 0 bridgehead atoms. The monoisotopic (exact) mass is 332 g/mol. The number of aromatic nitrogens is 3. The molecular formula is C17H24N4OS. The second-order valence-electron chi connectivity index (χ2n) is 6.92. The molecular weight excluding hydrogens is 308 g/mol. The summed E-state index contributed by atoms with van der Waals surface area (Å²) in [6, 6.07) is 0. The molecule has 124 valence electrons. The first-order valence-corrected chi connectivity index (χ1v) is 9.28. The zero-order valence-corrected chi connectivity index (χ0v) is 14.7. The smallest absolute Gasteiger partial charge is 0.107 e. The van der Waals surface area contributed by atoms with E-state index in [4.69, 9.17) is 4.74 Å². The molecule has 0 spiro atoms. The molecule has 1 aliphatic carbocycles. The average Bonchev–Trinajstić information content (AvgIpc) is 3.15. The number of nitrogens with zero attached hydrogens (tertiary/aromatic N) is 4. The van der Waals surface area contributed by atoms with Crippen LogP contribution in [0.1, 0.15) is 40.8 Å². The van der Waals surface area contributed by atoms with Crippen LogP contribution in [0.2, 0.25) is 0 Å². The molecule has 0 aromatic carbocycles. The van der Waals surface area contributed by atoms with E-state index in [1.165, 1.54) is 29.2 Å². The highest BCUT2D eigenvalue weighted by Crippen LogP contribution is 2.31. The van der Waals surface area contributed by atoms with E-state index in [9.17, 15) is 0 Å². The van der Waals surface area contributed by atoms with Gasteiger partial charge in [0.1, 0.15) is 5.01 Å². The summed E-state index contributed by atoms with van der Waals surface area (Å²) in [7, 11) is 2.10. The number of hydrogen-bond donors (Lipinski definition) is 0. The van der Waals surface area contributed by atoms with Crippen molar-refractivity contribution >= 4 is 11.3 Å². The minimum Gasteiger partial charge on any atom is -0.380 e. The largest absolute Gasteiger partial charge is 0.380 e. The van der Waals surface area contributed by atoms with Crippen LogP contribution in [0.4, 0.5) is 0 Å². The summed E-state index contributed by atoms with van der Waals surface area (Å²) in [4.78, 5) is 11.7. The van der Waals surface area contributed by atoms with Crippen molar-refractivity contribution in [3.8, 4) is 0 Å². The molecule has 0 amide bonds. The van der Waals surface area contributed by atoms with E-state index in [1.54, 1.807) is 11.3 Å². The van der Waals surface area contributed by atoms with Crippen LogP contribution in [0, 0.1) is 12.8 Å². The Bertz CT molecular complexity index is 676. The summed E-state index contributed by atoms with van der Waals surface area (Å²) >= 11 is 1.75. The molecule has 0 saturated heterocycles. The molecule has 2 aliphatic rings. The first kappa shape index (κ1) is 15.3. The predicted octanol–water partition coefficient (Wildman–Crippen LogP) is 2.71. The van der Waals surface area contributed by atoms with Gasteiger partial charge in [0.25, 0.3) is 0 Å². The molecule has 2 aromatic heterocycles. The number of imidazole rings is 1. The van der Waals surface area contributed by atoms with Gasteiger partial charge in [0.15, 0.2) is 0 Å². The van der Waals surface area contributed by atoms with Gasteiger partial charge in [-0.25, -0.2) is 9.97 Å². The Hall–Kier alpha value is -1.24. The van der Waals surface area contributed by atoms with Crippen LogP contribution in [0.15, 0.2) is 11.7 Å². The van der Waals surface area contributed by atoms with E-state index in [2.05, 4.69) is 38.8 Å². The average molecular weight is 332 g/mol. The first-order valence-electron chi connectivity index (χ1n) is 8.40. The number of fused-ring (bicyclic) bond motifs is 1. The number of hydrogen-bond acceptors (Lipinski definition) is 5. The summed E-state index contributed by atoms with van der Waals surface area (Å²) < 4.78 is 8.17. The standard InChI is InChI=1S/C17H24N4OS/c1-12-10-23-16(19-12)7-21-5-14(9-22-8-13-3-4-13)17-15(6-21)18-11-20(17)2/h10-11,13-14H,3-9H2,1-2H3. The first-order chi connectivity index (χ1) is 11.2. The minimum absolute atomic E-state index is 0.408. The summed E-state index contributed by atoms with van der Waals surface area (Å²) in [5.74, 6) is 1.23. The molecule has 1 aliphatic heterocycles. The van der Waals surface area contributed by atoms with E-state index in [-0.39, 0.29) is 0 Å². The van der Waals surface area contributed by atoms with Gasteiger partial charge in [-0.1, -0.05) is 0 Å². The normalized spacial score (nSPS) is 21.6. The summed E-state index contributed by atoms with van der Waals surface area (Å²) in [5.41, 5.74) is 3.67. The summed E-state index contributed by atoms with van der Waals surface area (Å²) in [6.07, 6.45) is 4.63. The molecule has 0 N–H and O–H groups in total. The van der Waals surface area contributed by atoms with E-state index >= 15 is 0 Å². The lowest BCUT2D eigenvalue weighted by molar-refractivity contribution is 0.0867. The fourth-order valence-corrected chi connectivity index (χ4v) is 4.20. The molecule has 0 radical (unpaired) electrons. The van der Waals surface area contributed by atoms with Crippen LogP contribution >= 0.6 is 11.3 Å². The fourth-order valence-electron chi connectivity index (χ4n) is 3.39. The van der Waals surface area contributed by atoms with Crippen molar-refractivity contribution in [2.75, 3.05) is 19.8 Å². The second kappa shape index (κ2) is 6.34. The van der Waals surface area contributed by atoms with E-state index < -0.39 is 0 Å². The quantitative estimate of drug-likeness (QED) is 0.816. The van der Waals surface area contributed by atoms with Crippen molar-refractivity contribution in [2.45, 2.75) is 38.8 Å². The SMILES string of the molecule is Cc1csc(CN2Cc3ncn(C)c3C(COCC3CC3)C2)n1. The lowest BCUT2D eigenvalue weighted by Gasteiger charge is -2.32. The molecule has 1 fully saturated rings. The van der Waals surface area contributed by atoms with Crippen molar-refractivity contribution in [1.82, 2.24) is 19.4 Å². The molecule has 3 heterocycles. The third-order valence-corrected chi connectivity index (χ3v) is 5.65. The van der Waals surface area contributed by atoms with E-state index in [0.717, 1.165) is 44.5 Å². The van der Waals surface area contributed by atoms with Crippen LogP contribution in [-0.2, 0) is 24.9 Å². The van der Waals surface area contributed by atoms with Crippen molar-refractivity contribution < 1.29 is 4.74 Å². The van der Waals surface area contributed by atoms with Gasteiger partial charge >= 0.3 is 0 Å². The molecule has 23 heavy (non-hydrogen) atoms. The highest BCUT2D eigenvalue weighted by Gasteiger charge is 2.30. The van der Waals surface area contributed by atoms with Gasteiger partial charge in [0.05, 0.1) is 25.2 Å². The predicted molar refractivity (Wildman–Crippen MR) is 90.5 cm³/mol. The zero-order chi connectivity index (χ0) is 15.8. The number of rotatable bonds is 6. The van der Waals surface area contributed by atoms with Crippen LogP contribution in [0.25, 0.3) is 0 Å². The number of aryl methyl sites for hydroxylation is 2. The Labute approximate surface area is 141 Å². The van der Waals surface area contributed by atoms with Gasteiger partial charge in [-0.05, 0) is 25.7 Å².